The van der Waals surface area contributed by atoms with Crippen LogP contribution in [-0.4, -0.2) is 26.2 Å². The highest BCUT2D eigenvalue weighted by Gasteiger charge is 2.28. The Balaban J connectivity index is 0.00000196. The van der Waals surface area contributed by atoms with Crippen LogP contribution >= 0.6 is 40.1 Å². The molecular weight excluding hydrogens is 430 g/mol. The topological polar surface area (TPSA) is 57.7 Å². The molecule has 2 aliphatic heterocycles. The van der Waals surface area contributed by atoms with E-state index in [9.17, 15) is 5.26 Å². The van der Waals surface area contributed by atoms with Gasteiger partial charge in [-0.15, -0.1) is 38.5 Å². The van der Waals surface area contributed by atoms with Gasteiger partial charge in [-0.05, 0) is 31.2 Å². The van der Waals surface area contributed by atoms with Crippen LogP contribution in [0.5, 0.6) is 0 Å². The van der Waals surface area contributed by atoms with Gasteiger partial charge in [-0.25, -0.2) is 0 Å². The molecule has 0 unspecified atom stereocenters. The Bertz CT molecular complexity index is 876. The molecule has 2 aromatic heterocycles. The zero-order valence-electron chi connectivity index (χ0n) is 14.5. The number of allylic oxidation sites excluding steroid dienone is 1. The van der Waals surface area contributed by atoms with Gasteiger partial charge in [0.05, 0.1) is 10.6 Å². The summed E-state index contributed by atoms with van der Waals surface area (Å²) >= 11 is 3.34. The molecule has 136 valence electrons. The third kappa shape index (κ3) is 3.36. The van der Waals surface area contributed by atoms with Crippen molar-refractivity contribution < 1.29 is 0 Å². The molecule has 8 heteroatoms. The molecule has 5 nitrogen and oxygen atoms in total. The van der Waals surface area contributed by atoms with E-state index in [1.54, 1.807) is 23.1 Å². The molecule has 0 saturated carbocycles. The molecule has 0 fully saturated rings. The molecule has 2 aliphatic rings. The summed E-state index contributed by atoms with van der Waals surface area (Å²) in [5.74, 6) is 1.74. The van der Waals surface area contributed by atoms with E-state index < -0.39 is 0 Å². The van der Waals surface area contributed by atoms with Gasteiger partial charge in [0.2, 0.25) is 0 Å². The standard InChI is InChI=1S/C18H19N5S2.BrH/c1-2-22-14(15-7-6-10-24-15)12-25-18(22)13(11-19)17-21-20-16-8-4-3-5-9-23(16)17;/h6-7,10,12H,2-5,8-9H2,1H3;1H/b18-13-;. The molecule has 0 spiro atoms. The van der Waals surface area contributed by atoms with Crippen LogP contribution in [0.1, 0.15) is 42.7 Å². The van der Waals surface area contributed by atoms with Gasteiger partial charge in [-0.2, -0.15) is 5.26 Å². The lowest BCUT2D eigenvalue weighted by Gasteiger charge is -2.22. The average molecular weight is 450 g/mol. The zero-order chi connectivity index (χ0) is 17.2. The molecule has 26 heavy (non-hydrogen) atoms. The Morgan fingerprint density at radius 2 is 2.19 bits per heavy atom. The molecule has 0 amide bonds. The molecule has 0 N–H and O–H groups in total. The van der Waals surface area contributed by atoms with E-state index in [4.69, 9.17) is 0 Å². The first-order valence-electron chi connectivity index (χ1n) is 8.58. The second-order valence-corrected chi connectivity index (χ2v) is 7.84. The average Bonchev–Trinajstić information content (AvgIpc) is 3.34. The molecule has 0 radical (unpaired) electrons. The van der Waals surface area contributed by atoms with Gasteiger partial charge in [-0.3, -0.25) is 0 Å². The van der Waals surface area contributed by atoms with Crippen molar-refractivity contribution in [1.82, 2.24) is 19.7 Å². The summed E-state index contributed by atoms with van der Waals surface area (Å²) in [5.41, 5.74) is 1.80. The minimum atomic E-state index is 0. The maximum absolute atomic E-state index is 9.91. The van der Waals surface area contributed by atoms with Crippen LogP contribution in [0.15, 0.2) is 27.9 Å². The molecule has 4 rings (SSSR count). The minimum Gasteiger partial charge on any atom is -0.333 e. The fourth-order valence-electron chi connectivity index (χ4n) is 3.33. The van der Waals surface area contributed by atoms with Gasteiger partial charge in [0, 0.05) is 24.9 Å². The predicted octanol–water partition coefficient (Wildman–Crippen LogP) is 4.90. The third-order valence-corrected chi connectivity index (χ3v) is 6.45. The van der Waals surface area contributed by atoms with E-state index in [0.29, 0.717) is 5.57 Å². The molecule has 0 atom stereocenters. The lowest BCUT2D eigenvalue weighted by atomic mass is 10.2. The van der Waals surface area contributed by atoms with Crippen LogP contribution in [0.2, 0.25) is 0 Å². The highest BCUT2D eigenvalue weighted by atomic mass is 79.9. The van der Waals surface area contributed by atoms with Crippen LogP contribution in [0.3, 0.4) is 0 Å². The van der Waals surface area contributed by atoms with Crippen molar-refractivity contribution in [3.05, 3.63) is 44.5 Å². The van der Waals surface area contributed by atoms with Crippen molar-refractivity contribution in [1.29, 1.82) is 5.26 Å². The van der Waals surface area contributed by atoms with Crippen molar-refractivity contribution >= 4 is 51.4 Å². The number of fused-ring (bicyclic) bond motifs is 1. The van der Waals surface area contributed by atoms with Crippen molar-refractivity contribution in [3.8, 4) is 6.07 Å². The number of halogens is 1. The Morgan fingerprint density at radius 1 is 1.31 bits per heavy atom. The fraction of sp³-hybridized carbons (Fsp3) is 0.389. The maximum Gasteiger partial charge on any atom is 0.177 e. The van der Waals surface area contributed by atoms with E-state index in [1.807, 2.05) is 0 Å². The monoisotopic (exact) mass is 449 g/mol. The van der Waals surface area contributed by atoms with Gasteiger partial charge in [0.25, 0.3) is 0 Å². The lowest BCUT2D eigenvalue weighted by molar-refractivity contribution is 0.558. The van der Waals surface area contributed by atoms with Gasteiger partial charge in [0.1, 0.15) is 22.5 Å². The SMILES string of the molecule is Br.CCN1C(c2cccs2)=CS/C1=C(/C#N)c1nnc2n1CCCCC2. The number of aromatic nitrogens is 3. The smallest absolute Gasteiger partial charge is 0.177 e. The second kappa shape index (κ2) is 8.42. The van der Waals surface area contributed by atoms with Gasteiger partial charge < -0.3 is 9.47 Å². The predicted molar refractivity (Wildman–Crippen MR) is 113 cm³/mol. The van der Waals surface area contributed by atoms with Crippen LogP contribution in [-0.2, 0) is 13.0 Å². The summed E-state index contributed by atoms with van der Waals surface area (Å²) in [4.78, 5) is 3.44. The number of thioether (sulfide) groups is 1. The molecule has 0 aromatic carbocycles. The van der Waals surface area contributed by atoms with Crippen LogP contribution < -0.4 is 0 Å². The van der Waals surface area contributed by atoms with Gasteiger partial charge in [-0.1, -0.05) is 24.2 Å². The second-order valence-electron chi connectivity index (χ2n) is 6.04. The summed E-state index contributed by atoms with van der Waals surface area (Å²) in [5, 5.41) is 23.8. The molecule has 0 bridgehead atoms. The number of thiophene rings is 1. The van der Waals surface area contributed by atoms with E-state index in [2.05, 4.69) is 55.6 Å². The molecular formula is C18H20BrN5S2. The number of hydrogen-bond acceptors (Lipinski definition) is 6. The summed E-state index contributed by atoms with van der Waals surface area (Å²) < 4.78 is 2.15. The Morgan fingerprint density at radius 3 is 2.92 bits per heavy atom. The highest BCUT2D eigenvalue weighted by Crippen LogP contribution is 2.43. The van der Waals surface area contributed by atoms with Crippen molar-refractivity contribution in [2.24, 2.45) is 0 Å². The molecule has 2 aromatic rings. The van der Waals surface area contributed by atoms with E-state index in [-0.39, 0.29) is 17.0 Å². The fourth-order valence-corrected chi connectivity index (χ4v) is 5.25. The summed E-state index contributed by atoms with van der Waals surface area (Å²) in [6.07, 6.45) is 4.43. The Kier molecular flexibility index (Phi) is 6.22. The molecule has 4 heterocycles. The van der Waals surface area contributed by atoms with E-state index >= 15 is 0 Å². The van der Waals surface area contributed by atoms with E-state index in [1.165, 1.54) is 17.0 Å². The molecule has 0 aliphatic carbocycles. The van der Waals surface area contributed by atoms with Crippen LogP contribution in [0, 0.1) is 11.3 Å². The zero-order valence-corrected chi connectivity index (χ0v) is 17.9. The number of nitriles is 1. The number of nitrogens with zero attached hydrogens (tertiary/aromatic N) is 5. The van der Waals surface area contributed by atoms with Gasteiger partial charge >= 0.3 is 0 Å². The summed E-state index contributed by atoms with van der Waals surface area (Å²) in [6.45, 7) is 3.84. The third-order valence-electron chi connectivity index (χ3n) is 4.57. The van der Waals surface area contributed by atoms with Crippen molar-refractivity contribution in [3.63, 3.8) is 0 Å². The van der Waals surface area contributed by atoms with Gasteiger partial charge in [0.15, 0.2) is 5.82 Å². The molecule has 0 saturated heterocycles. The first-order valence-corrected chi connectivity index (χ1v) is 10.3. The largest absolute Gasteiger partial charge is 0.333 e. The quantitative estimate of drug-likeness (QED) is 0.623. The number of aryl methyl sites for hydroxylation is 1. The van der Waals surface area contributed by atoms with Crippen molar-refractivity contribution in [2.75, 3.05) is 6.54 Å². The minimum absolute atomic E-state index is 0. The van der Waals surface area contributed by atoms with Crippen LogP contribution in [0.25, 0.3) is 11.3 Å². The van der Waals surface area contributed by atoms with Crippen molar-refractivity contribution in [2.45, 2.75) is 39.2 Å². The number of rotatable bonds is 3. The maximum atomic E-state index is 9.91. The first kappa shape index (κ1) is 19.2. The Hall–Kier alpha value is -1.56. The summed E-state index contributed by atoms with van der Waals surface area (Å²) in [6, 6.07) is 6.59. The highest BCUT2D eigenvalue weighted by molar-refractivity contribution is 8.93. The first-order chi connectivity index (χ1) is 12.3. The normalized spacial score (nSPS) is 18.5. The lowest BCUT2D eigenvalue weighted by Crippen LogP contribution is -2.17. The number of hydrogen-bond donors (Lipinski definition) is 0. The van der Waals surface area contributed by atoms with E-state index in [0.717, 1.165) is 49.0 Å². The summed E-state index contributed by atoms with van der Waals surface area (Å²) in [7, 11) is 0. The van der Waals surface area contributed by atoms with Crippen LogP contribution in [0.4, 0.5) is 0 Å². The Labute approximate surface area is 172 Å².